The zero-order valence-electron chi connectivity index (χ0n) is 9.43. The molecule has 0 fully saturated rings. The SMILES string of the molecule is CCCc1cc(=O)c2c(C)ccc(F)c2[nH]1. The third kappa shape index (κ3) is 1.73. The first-order chi connectivity index (χ1) is 7.63. The van der Waals surface area contributed by atoms with Crippen molar-refractivity contribution >= 4 is 10.9 Å². The molecule has 0 amide bonds. The average molecular weight is 219 g/mol. The summed E-state index contributed by atoms with van der Waals surface area (Å²) in [6.45, 7) is 3.84. The maximum atomic E-state index is 13.6. The van der Waals surface area contributed by atoms with E-state index in [9.17, 15) is 9.18 Å². The highest BCUT2D eigenvalue weighted by Gasteiger charge is 2.08. The van der Waals surface area contributed by atoms with Gasteiger partial charge in [0.2, 0.25) is 0 Å². The van der Waals surface area contributed by atoms with E-state index >= 15 is 0 Å². The predicted molar refractivity (Wildman–Crippen MR) is 63.3 cm³/mol. The molecule has 2 aromatic rings. The van der Waals surface area contributed by atoms with Crippen LogP contribution in [0.15, 0.2) is 23.0 Å². The molecule has 16 heavy (non-hydrogen) atoms. The summed E-state index contributed by atoms with van der Waals surface area (Å²) in [7, 11) is 0. The van der Waals surface area contributed by atoms with Crippen molar-refractivity contribution in [1.29, 1.82) is 0 Å². The summed E-state index contributed by atoms with van der Waals surface area (Å²) in [6, 6.07) is 4.59. The molecule has 0 radical (unpaired) electrons. The van der Waals surface area contributed by atoms with Gasteiger partial charge in [0, 0.05) is 11.8 Å². The number of fused-ring (bicyclic) bond motifs is 1. The molecule has 0 aliphatic carbocycles. The molecule has 0 spiro atoms. The molecule has 1 heterocycles. The smallest absolute Gasteiger partial charge is 0.190 e. The number of hydrogen-bond donors (Lipinski definition) is 1. The molecule has 0 unspecified atom stereocenters. The largest absolute Gasteiger partial charge is 0.356 e. The second-order valence-electron chi connectivity index (χ2n) is 4.02. The van der Waals surface area contributed by atoms with Crippen molar-refractivity contribution in [3.05, 3.63) is 45.5 Å². The minimum absolute atomic E-state index is 0.103. The molecule has 3 heteroatoms. The zero-order valence-corrected chi connectivity index (χ0v) is 9.43. The Morgan fingerprint density at radius 1 is 1.38 bits per heavy atom. The second kappa shape index (κ2) is 4.08. The van der Waals surface area contributed by atoms with Gasteiger partial charge in [-0.25, -0.2) is 4.39 Å². The molecule has 0 aliphatic heterocycles. The van der Waals surface area contributed by atoms with Crippen LogP contribution in [-0.2, 0) is 6.42 Å². The molecular weight excluding hydrogens is 205 g/mol. The summed E-state index contributed by atoms with van der Waals surface area (Å²) in [6.07, 6.45) is 1.69. The molecule has 1 N–H and O–H groups in total. The number of nitrogens with one attached hydrogen (secondary N) is 1. The third-order valence-corrected chi connectivity index (χ3v) is 2.72. The topological polar surface area (TPSA) is 32.9 Å². The van der Waals surface area contributed by atoms with Gasteiger partial charge in [0.25, 0.3) is 0 Å². The molecule has 0 bridgehead atoms. The van der Waals surface area contributed by atoms with Crippen molar-refractivity contribution in [2.75, 3.05) is 0 Å². The number of benzene rings is 1. The van der Waals surface area contributed by atoms with Gasteiger partial charge in [0.05, 0.1) is 10.9 Å². The Hall–Kier alpha value is -1.64. The highest BCUT2D eigenvalue weighted by Crippen LogP contribution is 2.17. The normalized spacial score (nSPS) is 10.9. The van der Waals surface area contributed by atoms with E-state index in [-0.39, 0.29) is 11.2 Å². The van der Waals surface area contributed by atoms with Crippen LogP contribution in [0, 0.1) is 12.7 Å². The number of pyridine rings is 1. The van der Waals surface area contributed by atoms with E-state index in [4.69, 9.17) is 0 Å². The monoisotopic (exact) mass is 219 g/mol. The Bertz CT molecular complexity index is 586. The molecule has 2 nitrogen and oxygen atoms in total. The van der Waals surface area contributed by atoms with Gasteiger partial charge >= 0.3 is 0 Å². The van der Waals surface area contributed by atoms with Crippen LogP contribution in [0.25, 0.3) is 10.9 Å². The van der Waals surface area contributed by atoms with Gasteiger partial charge in [0.15, 0.2) is 5.43 Å². The van der Waals surface area contributed by atoms with Crippen LogP contribution in [0.2, 0.25) is 0 Å². The van der Waals surface area contributed by atoms with Crippen molar-refractivity contribution < 1.29 is 4.39 Å². The second-order valence-corrected chi connectivity index (χ2v) is 4.02. The Balaban J connectivity index is 2.81. The van der Waals surface area contributed by atoms with Gasteiger partial charge in [-0.15, -0.1) is 0 Å². The lowest BCUT2D eigenvalue weighted by molar-refractivity contribution is 0.635. The van der Waals surface area contributed by atoms with Crippen LogP contribution in [0.5, 0.6) is 0 Å². The molecule has 2 rings (SSSR count). The lowest BCUT2D eigenvalue weighted by atomic mass is 10.1. The minimum Gasteiger partial charge on any atom is -0.356 e. The van der Waals surface area contributed by atoms with Crippen LogP contribution in [0.3, 0.4) is 0 Å². The fourth-order valence-corrected chi connectivity index (χ4v) is 1.95. The predicted octanol–water partition coefficient (Wildman–Crippen LogP) is 2.93. The number of H-pyrrole nitrogens is 1. The van der Waals surface area contributed by atoms with Crippen molar-refractivity contribution in [3.8, 4) is 0 Å². The van der Waals surface area contributed by atoms with Gasteiger partial charge < -0.3 is 4.98 Å². The molecule has 0 saturated carbocycles. The standard InChI is InChI=1S/C13H14FNO/c1-3-4-9-7-11(16)12-8(2)5-6-10(14)13(12)15-9/h5-7H,3-4H2,1-2H3,(H,15,16). The summed E-state index contributed by atoms with van der Waals surface area (Å²) in [5.41, 5.74) is 1.83. The van der Waals surface area contributed by atoms with Crippen molar-refractivity contribution in [2.45, 2.75) is 26.7 Å². The van der Waals surface area contributed by atoms with Gasteiger partial charge in [-0.1, -0.05) is 19.4 Å². The summed E-state index contributed by atoms with van der Waals surface area (Å²) in [4.78, 5) is 14.9. The Kier molecular flexibility index (Phi) is 2.77. The molecule has 0 atom stereocenters. The number of aryl methyl sites for hydroxylation is 2. The van der Waals surface area contributed by atoms with Gasteiger partial charge in [-0.05, 0) is 25.0 Å². The highest BCUT2D eigenvalue weighted by atomic mass is 19.1. The first-order valence-corrected chi connectivity index (χ1v) is 5.44. The summed E-state index contributed by atoms with van der Waals surface area (Å²) in [5, 5.41) is 0.458. The fraction of sp³-hybridized carbons (Fsp3) is 0.308. The van der Waals surface area contributed by atoms with Crippen LogP contribution in [0.1, 0.15) is 24.6 Å². The van der Waals surface area contributed by atoms with Gasteiger partial charge in [0.1, 0.15) is 5.82 Å². The summed E-state index contributed by atoms with van der Waals surface area (Å²) >= 11 is 0. The number of rotatable bonds is 2. The quantitative estimate of drug-likeness (QED) is 0.827. The van der Waals surface area contributed by atoms with E-state index < -0.39 is 0 Å². The number of hydrogen-bond acceptors (Lipinski definition) is 1. The van der Waals surface area contributed by atoms with E-state index in [1.807, 2.05) is 13.8 Å². The maximum Gasteiger partial charge on any atom is 0.190 e. The van der Waals surface area contributed by atoms with Crippen molar-refractivity contribution in [3.63, 3.8) is 0 Å². The Labute approximate surface area is 93.1 Å². The van der Waals surface area contributed by atoms with E-state index in [2.05, 4.69) is 4.98 Å². The fourth-order valence-electron chi connectivity index (χ4n) is 1.95. The lowest BCUT2D eigenvalue weighted by Crippen LogP contribution is -2.07. The Morgan fingerprint density at radius 3 is 2.81 bits per heavy atom. The summed E-state index contributed by atoms with van der Waals surface area (Å²) in [5.74, 6) is -0.365. The van der Waals surface area contributed by atoms with E-state index in [1.54, 1.807) is 12.1 Å². The van der Waals surface area contributed by atoms with Gasteiger partial charge in [-0.2, -0.15) is 0 Å². The number of aromatic nitrogens is 1. The zero-order chi connectivity index (χ0) is 11.7. The van der Waals surface area contributed by atoms with E-state index in [0.29, 0.717) is 10.9 Å². The minimum atomic E-state index is -0.365. The van der Waals surface area contributed by atoms with Crippen LogP contribution >= 0.6 is 0 Å². The number of aromatic amines is 1. The molecule has 0 aliphatic rings. The molecule has 84 valence electrons. The van der Waals surface area contributed by atoms with Crippen molar-refractivity contribution in [1.82, 2.24) is 4.98 Å². The average Bonchev–Trinajstić information content (AvgIpc) is 2.23. The van der Waals surface area contributed by atoms with E-state index in [1.165, 1.54) is 6.07 Å². The van der Waals surface area contributed by atoms with E-state index in [0.717, 1.165) is 24.1 Å². The van der Waals surface area contributed by atoms with Gasteiger partial charge in [-0.3, -0.25) is 4.79 Å². The lowest BCUT2D eigenvalue weighted by Gasteiger charge is -2.06. The first-order valence-electron chi connectivity index (χ1n) is 5.44. The molecule has 1 aromatic carbocycles. The third-order valence-electron chi connectivity index (χ3n) is 2.72. The van der Waals surface area contributed by atoms with Crippen LogP contribution in [0.4, 0.5) is 4.39 Å². The van der Waals surface area contributed by atoms with Crippen LogP contribution < -0.4 is 5.43 Å². The molecular formula is C13H14FNO. The molecule has 1 aromatic heterocycles. The maximum absolute atomic E-state index is 13.6. The Morgan fingerprint density at radius 2 is 2.12 bits per heavy atom. The highest BCUT2D eigenvalue weighted by molar-refractivity contribution is 5.82. The van der Waals surface area contributed by atoms with Crippen LogP contribution in [-0.4, -0.2) is 4.98 Å². The number of halogens is 1. The molecule has 0 saturated heterocycles. The van der Waals surface area contributed by atoms with Crippen molar-refractivity contribution in [2.24, 2.45) is 0 Å². The first kappa shape index (κ1) is 10.9. The summed E-state index contributed by atoms with van der Waals surface area (Å²) < 4.78 is 13.6.